The first-order valence-electron chi connectivity index (χ1n) is 5.25. The Kier molecular flexibility index (Phi) is 4.66. The summed E-state index contributed by atoms with van der Waals surface area (Å²) in [5.74, 6) is -0.888. The van der Waals surface area contributed by atoms with Gasteiger partial charge in [0.15, 0.2) is 6.10 Å². The van der Waals surface area contributed by atoms with Crippen LogP contribution in [0.1, 0.15) is 39.0 Å². The predicted octanol–water partition coefficient (Wildman–Crippen LogP) is 2.37. The minimum absolute atomic E-state index is 0.0126. The molecule has 0 bridgehead atoms. The lowest BCUT2D eigenvalue weighted by Crippen LogP contribution is -2.25. The van der Waals surface area contributed by atoms with Crippen LogP contribution in [0.15, 0.2) is 12.2 Å². The third-order valence-corrected chi connectivity index (χ3v) is 2.44. The molecule has 14 heavy (non-hydrogen) atoms. The molecule has 1 aliphatic carbocycles. The van der Waals surface area contributed by atoms with E-state index in [0.717, 1.165) is 19.3 Å². The summed E-state index contributed by atoms with van der Waals surface area (Å²) < 4.78 is 5.40. The molecule has 0 saturated carbocycles. The van der Waals surface area contributed by atoms with Crippen LogP contribution in [0.5, 0.6) is 0 Å². The molecular weight excluding hydrogens is 180 g/mol. The van der Waals surface area contributed by atoms with Crippen molar-refractivity contribution < 1.29 is 14.6 Å². The Morgan fingerprint density at radius 3 is 3.00 bits per heavy atom. The molecule has 1 aliphatic rings. The Balaban J connectivity index is 2.40. The van der Waals surface area contributed by atoms with Crippen LogP contribution in [0.25, 0.3) is 0 Å². The molecule has 0 radical (unpaired) electrons. The van der Waals surface area contributed by atoms with Gasteiger partial charge in [0.05, 0.1) is 6.10 Å². The Labute approximate surface area is 84.8 Å². The second-order valence-corrected chi connectivity index (χ2v) is 3.72. The van der Waals surface area contributed by atoms with Crippen LogP contribution in [-0.2, 0) is 9.53 Å². The number of carbonyl (C=O) groups is 1. The van der Waals surface area contributed by atoms with Gasteiger partial charge < -0.3 is 9.84 Å². The van der Waals surface area contributed by atoms with Gasteiger partial charge in [-0.2, -0.15) is 0 Å². The van der Waals surface area contributed by atoms with E-state index in [1.807, 2.05) is 6.08 Å². The SMILES string of the molecule is C[C@H](OC1/C=C\CCCCC1)C(=O)O. The first kappa shape index (κ1) is 11.2. The zero-order valence-corrected chi connectivity index (χ0v) is 8.61. The summed E-state index contributed by atoms with van der Waals surface area (Å²) in [5.41, 5.74) is 0. The monoisotopic (exact) mass is 198 g/mol. The van der Waals surface area contributed by atoms with E-state index in [4.69, 9.17) is 9.84 Å². The molecule has 3 heteroatoms. The van der Waals surface area contributed by atoms with Crippen LogP contribution in [0.4, 0.5) is 0 Å². The number of carboxylic acid groups (broad SMARTS) is 1. The lowest BCUT2D eigenvalue weighted by molar-refractivity contribution is -0.151. The molecule has 1 unspecified atom stereocenters. The van der Waals surface area contributed by atoms with Gasteiger partial charge in [-0.1, -0.05) is 25.0 Å². The Morgan fingerprint density at radius 1 is 1.50 bits per heavy atom. The molecule has 0 spiro atoms. The summed E-state index contributed by atoms with van der Waals surface area (Å²) in [5, 5.41) is 8.69. The van der Waals surface area contributed by atoms with Gasteiger partial charge in [-0.25, -0.2) is 4.79 Å². The van der Waals surface area contributed by atoms with Crippen LogP contribution in [0.3, 0.4) is 0 Å². The highest BCUT2D eigenvalue weighted by atomic mass is 16.5. The third-order valence-electron chi connectivity index (χ3n) is 2.44. The van der Waals surface area contributed by atoms with E-state index in [2.05, 4.69) is 6.08 Å². The average molecular weight is 198 g/mol. The Morgan fingerprint density at radius 2 is 2.29 bits per heavy atom. The maximum Gasteiger partial charge on any atom is 0.332 e. The minimum atomic E-state index is -0.888. The fourth-order valence-electron chi connectivity index (χ4n) is 1.56. The van der Waals surface area contributed by atoms with Crippen LogP contribution >= 0.6 is 0 Å². The largest absolute Gasteiger partial charge is 0.479 e. The van der Waals surface area contributed by atoms with Gasteiger partial charge in [0, 0.05) is 0 Å². The first-order chi connectivity index (χ1) is 6.70. The van der Waals surface area contributed by atoms with Gasteiger partial charge in [-0.3, -0.25) is 0 Å². The molecule has 0 saturated heterocycles. The Hall–Kier alpha value is -0.830. The number of allylic oxidation sites excluding steroid dienone is 1. The molecule has 2 atom stereocenters. The number of hydrogen-bond donors (Lipinski definition) is 1. The quantitative estimate of drug-likeness (QED) is 0.708. The second-order valence-electron chi connectivity index (χ2n) is 3.72. The molecule has 1 N–H and O–H groups in total. The van der Waals surface area contributed by atoms with Crippen molar-refractivity contribution in [2.45, 2.75) is 51.2 Å². The number of hydrogen-bond acceptors (Lipinski definition) is 2. The van der Waals surface area contributed by atoms with Gasteiger partial charge in [0.1, 0.15) is 0 Å². The first-order valence-corrected chi connectivity index (χ1v) is 5.25. The third kappa shape index (κ3) is 3.92. The standard InChI is InChI=1S/C11H18O3/c1-9(11(12)13)14-10-7-5-3-2-4-6-8-10/h5,7,9-10H,2-4,6,8H2,1H3,(H,12,13)/b7-5-/t9-,10?/m0/s1. The topological polar surface area (TPSA) is 46.5 Å². The smallest absolute Gasteiger partial charge is 0.332 e. The zero-order valence-electron chi connectivity index (χ0n) is 8.61. The fourth-order valence-corrected chi connectivity index (χ4v) is 1.56. The van der Waals surface area contributed by atoms with Gasteiger partial charge in [0.25, 0.3) is 0 Å². The summed E-state index contributed by atoms with van der Waals surface area (Å²) >= 11 is 0. The molecule has 0 aromatic rings. The molecule has 0 aromatic heterocycles. The normalized spacial score (nSPS) is 27.4. The lowest BCUT2D eigenvalue weighted by Gasteiger charge is -2.18. The predicted molar refractivity (Wildman–Crippen MR) is 54.2 cm³/mol. The van der Waals surface area contributed by atoms with Crippen molar-refractivity contribution in [3.8, 4) is 0 Å². The van der Waals surface area contributed by atoms with Crippen molar-refractivity contribution in [1.82, 2.24) is 0 Å². The minimum Gasteiger partial charge on any atom is -0.479 e. The molecule has 0 fully saturated rings. The highest BCUT2D eigenvalue weighted by molar-refractivity contribution is 5.71. The van der Waals surface area contributed by atoms with E-state index >= 15 is 0 Å². The maximum absolute atomic E-state index is 10.6. The number of carboxylic acids is 1. The molecule has 80 valence electrons. The number of rotatable bonds is 3. The summed E-state index contributed by atoms with van der Waals surface area (Å²) in [7, 11) is 0. The molecule has 0 aliphatic heterocycles. The van der Waals surface area contributed by atoms with Crippen LogP contribution in [0.2, 0.25) is 0 Å². The molecule has 1 rings (SSSR count). The van der Waals surface area contributed by atoms with Crippen molar-refractivity contribution in [3.63, 3.8) is 0 Å². The Bertz CT molecular complexity index is 211. The van der Waals surface area contributed by atoms with Gasteiger partial charge in [-0.15, -0.1) is 0 Å². The molecule has 0 heterocycles. The van der Waals surface area contributed by atoms with Crippen molar-refractivity contribution in [1.29, 1.82) is 0 Å². The highest BCUT2D eigenvalue weighted by Gasteiger charge is 2.16. The lowest BCUT2D eigenvalue weighted by atomic mass is 10.0. The maximum atomic E-state index is 10.6. The van der Waals surface area contributed by atoms with Crippen LogP contribution in [0, 0.1) is 0 Å². The van der Waals surface area contributed by atoms with E-state index < -0.39 is 12.1 Å². The molecule has 3 nitrogen and oxygen atoms in total. The molecular formula is C11H18O3. The zero-order chi connectivity index (χ0) is 10.4. The van der Waals surface area contributed by atoms with Crippen molar-refractivity contribution in [3.05, 3.63) is 12.2 Å². The van der Waals surface area contributed by atoms with Gasteiger partial charge >= 0.3 is 5.97 Å². The second kappa shape index (κ2) is 5.81. The van der Waals surface area contributed by atoms with E-state index in [9.17, 15) is 4.79 Å². The van der Waals surface area contributed by atoms with E-state index in [1.54, 1.807) is 6.92 Å². The highest BCUT2D eigenvalue weighted by Crippen LogP contribution is 2.15. The molecule has 0 aromatic carbocycles. The summed E-state index contributed by atoms with van der Waals surface area (Å²) in [6.07, 6.45) is 8.97. The van der Waals surface area contributed by atoms with E-state index in [1.165, 1.54) is 12.8 Å². The van der Waals surface area contributed by atoms with E-state index in [-0.39, 0.29) is 6.10 Å². The van der Waals surface area contributed by atoms with Crippen LogP contribution < -0.4 is 0 Å². The van der Waals surface area contributed by atoms with E-state index in [0.29, 0.717) is 0 Å². The average Bonchev–Trinajstić information content (AvgIpc) is 2.08. The van der Waals surface area contributed by atoms with Crippen LogP contribution in [-0.4, -0.2) is 23.3 Å². The van der Waals surface area contributed by atoms with Crippen molar-refractivity contribution in [2.24, 2.45) is 0 Å². The molecule has 0 amide bonds. The van der Waals surface area contributed by atoms with Crippen molar-refractivity contribution >= 4 is 5.97 Å². The summed E-state index contributed by atoms with van der Waals surface area (Å²) in [6, 6.07) is 0. The van der Waals surface area contributed by atoms with Gasteiger partial charge in [0.2, 0.25) is 0 Å². The summed E-state index contributed by atoms with van der Waals surface area (Å²) in [6.45, 7) is 1.58. The summed E-state index contributed by atoms with van der Waals surface area (Å²) in [4.78, 5) is 10.6. The van der Waals surface area contributed by atoms with Gasteiger partial charge in [-0.05, 0) is 26.2 Å². The fraction of sp³-hybridized carbons (Fsp3) is 0.727. The van der Waals surface area contributed by atoms with Crippen molar-refractivity contribution in [2.75, 3.05) is 0 Å². The number of ether oxygens (including phenoxy) is 1. The number of aliphatic carboxylic acids is 1.